The van der Waals surface area contributed by atoms with Crippen LogP contribution in [0.25, 0.3) is 0 Å². The molecule has 1 fully saturated rings. The molecule has 0 atom stereocenters. The number of hydrogen-bond acceptors (Lipinski definition) is 3. The average Bonchev–Trinajstić information content (AvgIpc) is 2.24. The van der Waals surface area contributed by atoms with E-state index in [0.29, 0.717) is 25.3 Å². The number of benzene rings is 1. The van der Waals surface area contributed by atoms with Crippen molar-refractivity contribution in [3.63, 3.8) is 0 Å². The maximum atomic E-state index is 13.2. The summed E-state index contributed by atoms with van der Waals surface area (Å²) in [5, 5.41) is 9.04. The predicted molar refractivity (Wildman–Crippen MR) is 63.3 cm³/mol. The van der Waals surface area contributed by atoms with E-state index in [-0.39, 0.29) is 5.60 Å². The Morgan fingerprint density at radius 1 is 1.33 bits per heavy atom. The fraction of sp³-hybridized carbons (Fsp3) is 0.538. The topological polar surface area (TPSA) is 32.7 Å². The van der Waals surface area contributed by atoms with Crippen LogP contribution >= 0.6 is 0 Å². The van der Waals surface area contributed by atoms with Crippen molar-refractivity contribution in [3.8, 4) is 5.75 Å². The molecule has 1 aliphatic heterocycles. The Hall–Kier alpha value is -1.20. The molecule has 2 rings (SSSR count). The minimum atomic E-state index is -0.919. The highest BCUT2D eigenvalue weighted by Crippen LogP contribution is 2.24. The van der Waals surface area contributed by atoms with Crippen LogP contribution in [0.4, 0.5) is 8.78 Å². The molecule has 1 heterocycles. The van der Waals surface area contributed by atoms with Crippen molar-refractivity contribution in [1.29, 1.82) is 0 Å². The number of ether oxygens (including phenoxy) is 1. The first-order valence-corrected chi connectivity index (χ1v) is 5.90. The highest BCUT2D eigenvalue weighted by Gasteiger charge is 2.27. The molecule has 5 heteroatoms. The lowest BCUT2D eigenvalue weighted by molar-refractivity contribution is -0.0883. The van der Waals surface area contributed by atoms with Crippen LogP contribution < -0.4 is 0 Å². The van der Waals surface area contributed by atoms with Gasteiger partial charge in [-0.3, -0.25) is 4.90 Å². The van der Waals surface area contributed by atoms with Gasteiger partial charge in [0.15, 0.2) is 17.4 Å². The number of hydrogen-bond donors (Lipinski definition) is 1. The minimum Gasteiger partial charge on any atom is -0.503 e. The van der Waals surface area contributed by atoms with E-state index in [1.165, 1.54) is 12.1 Å². The van der Waals surface area contributed by atoms with Crippen molar-refractivity contribution in [2.24, 2.45) is 0 Å². The average molecular weight is 257 g/mol. The van der Waals surface area contributed by atoms with Crippen LogP contribution in [0.3, 0.4) is 0 Å². The Kier molecular flexibility index (Phi) is 3.54. The lowest BCUT2D eigenvalue weighted by Crippen LogP contribution is -2.47. The summed E-state index contributed by atoms with van der Waals surface area (Å²) in [7, 11) is 0. The molecule has 18 heavy (non-hydrogen) atoms. The van der Waals surface area contributed by atoms with Gasteiger partial charge < -0.3 is 9.84 Å². The van der Waals surface area contributed by atoms with Crippen LogP contribution in [0.1, 0.15) is 19.4 Å². The van der Waals surface area contributed by atoms with E-state index in [9.17, 15) is 8.78 Å². The normalized spacial score (nSPS) is 20.0. The molecule has 3 nitrogen and oxygen atoms in total. The van der Waals surface area contributed by atoms with Gasteiger partial charge in [0.25, 0.3) is 0 Å². The molecule has 1 N–H and O–H groups in total. The smallest absolute Gasteiger partial charge is 0.187 e. The minimum absolute atomic E-state index is 0.244. The van der Waals surface area contributed by atoms with Crippen molar-refractivity contribution >= 4 is 0 Å². The SMILES string of the molecule is CC1(C)CN(Cc2cc(F)c(O)c(F)c2)CCO1. The second kappa shape index (κ2) is 4.82. The third-order valence-electron chi connectivity index (χ3n) is 2.99. The van der Waals surface area contributed by atoms with Crippen molar-refractivity contribution in [3.05, 3.63) is 29.3 Å². The van der Waals surface area contributed by atoms with Crippen LogP contribution in [0.15, 0.2) is 12.1 Å². The van der Waals surface area contributed by atoms with Gasteiger partial charge in [-0.2, -0.15) is 0 Å². The molecular formula is C13H17F2NO2. The molecule has 0 saturated carbocycles. The second-order valence-corrected chi connectivity index (χ2v) is 5.23. The van der Waals surface area contributed by atoms with E-state index in [4.69, 9.17) is 9.84 Å². The number of nitrogens with zero attached hydrogens (tertiary/aromatic N) is 1. The van der Waals surface area contributed by atoms with Crippen LogP contribution in [0, 0.1) is 11.6 Å². The number of aromatic hydroxyl groups is 1. The van der Waals surface area contributed by atoms with Crippen LogP contribution in [0.2, 0.25) is 0 Å². The van der Waals surface area contributed by atoms with Crippen LogP contribution in [0.5, 0.6) is 5.75 Å². The number of rotatable bonds is 2. The van der Waals surface area contributed by atoms with Gasteiger partial charge in [0.1, 0.15) is 0 Å². The fourth-order valence-corrected chi connectivity index (χ4v) is 2.22. The largest absolute Gasteiger partial charge is 0.503 e. The van der Waals surface area contributed by atoms with E-state index in [1.54, 1.807) is 0 Å². The third kappa shape index (κ3) is 2.97. The molecule has 0 radical (unpaired) electrons. The molecule has 0 aliphatic carbocycles. The van der Waals surface area contributed by atoms with E-state index in [2.05, 4.69) is 4.90 Å². The molecule has 0 spiro atoms. The lowest BCUT2D eigenvalue weighted by atomic mass is 10.1. The second-order valence-electron chi connectivity index (χ2n) is 5.23. The highest BCUT2D eigenvalue weighted by molar-refractivity contribution is 5.30. The van der Waals surface area contributed by atoms with Gasteiger partial charge in [0.05, 0.1) is 12.2 Å². The standard InChI is InChI=1S/C13H17F2NO2/c1-13(2)8-16(3-4-18-13)7-9-5-10(14)12(17)11(15)6-9/h5-6,17H,3-4,7-8H2,1-2H3. The van der Waals surface area contributed by atoms with E-state index in [0.717, 1.165) is 6.54 Å². The maximum absolute atomic E-state index is 13.2. The van der Waals surface area contributed by atoms with Gasteiger partial charge >= 0.3 is 0 Å². The molecule has 0 unspecified atom stereocenters. The van der Waals surface area contributed by atoms with Crippen molar-refractivity contribution < 1.29 is 18.6 Å². The molecule has 100 valence electrons. The van der Waals surface area contributed by atoms with E-state index >= 15 is 0 Å². The predicted octanol–water partition coefficient (Wildman–Crippen LogP) is 2.28. The lowest BCUT2D eigenvalue weighted by Gasteiger charge is -2.38. The summed E-state index contributed by atoms with van der Waals surface area (Å²) < 4.78 is 32.0. The Labute approximate surface area is 105 Å². The molecule has 0 aromatic heterocycles. The Bertz CT molecular complexity index is 426. The summed E-state index contributed by atoms with van der Waals surface area (Å²) in [6.07, 6.45) is 0. The van der Waals surface area contributed by atoms with E-state index in [1.807, 2.05) is 13.8 Å². The summed E-state index contributed by atoms with van der Waals surface area (Å²) in [6.45, 7) is 6.45. The summed E-state index contributed by atoms with van der Waals surface area (Å²) in [4.78, 5) is 2.08. The number of morpholine rings is 1. The Morgan fingerprint density at radius 3 is 2.50 bits per heavy atom. The highest BCUT2D eigenvalue weighted by atomic mass is 19.1. The maximum Gasteiger partial charge on any atom is 0.187 e. The van der Waals surface area contributed by atoms with Gasteiger partial charge in [0.2, 0.25) is 0 Å². The third-order valence-corrected chi connectivity index (χ3v) is 2.99. The van der Waals surface area contributed by atoms with Crippen LogP contribution in [-0.2, 0) is 11.3 Å². The molecule has 0 bridgehead atoms. The molecule has 1 aromatic carbocycles. The number of phenols is 1. The summed E-state index contributed by atoms with van der Waals surface area (Å²) in [5.74, 6) is -2.75. The summed E-state index contributed by atoms with van der Waals surface area (Å²) >= 11 is 0. The Balaban J connectivity index is 2.10. The Morgan fingerprint density at radius 2 is 1.94 bits per heavy atom. The first-order chi connectivity index (χ1) is 8.37. The van der Waals surface area contributed by atoms with Crippen molar-refractivity contribution in [2.75, 3.05) is 19.7 Å². The van der Waals surface area contributed by atoms with Crippen LogP contribution in [-0.4, -0.2) is 35.3 Å². The zero-order valence-electron chi connectivity index (χ0n) is 10.5. The zero-order valence-corrected chi connectivity index (χ0v) is 10.5. The van der Waals surface area contributed by atoms with Gasteiger partial charge in [-0.05, 0) is 31.5 Å². The van der Waals surface area contributed by atoms with Gasteiger partial charge in [-0.25, -0.2) is 8.78 Å². The monoisotopic (exact) mass is 257 g/mol. The molecule has 1 aromatic rings. The molecule has 1 saturated heterocycles. The molecular weight excluding hydrogens is 240 g/mol. The zero-order chi connectivity index (χ0) is 13.3. The molecule has 1 aliphatic rings. The summed E-state index contributed by atoms with van der Waals surface area (Å²) in [6, 6.07) is 2.34. The van der Waals surface area contributed by atoms with Crippen molar-refractivity contribution in [1.82, 2.24) is 4.90 Å². The first kappa shape index (κ1) is 13.2. The quantitative estimate of drug-likeness (QED) is 0.882. The van der Waals surface area contributed by atoms with Gasteiger partial charge in [-0.15, -0.1) is 0 Å². The fourth-order valence-electron chi connectivity index (χ4n) is 2.22. The summed E-state index contributed by atoms with van der Waals surface area (Å²) in [5.41, 5.74) is 0.271. The molecule has 0 amide bonds. The number of phenolic OH excluding ortho intramolecular Hbond substituents is 1. The first-order valence-electron chi connectivity index (χ1n) is 5.90. The number of halogens is 2. The van der Waals surface area contributed by atoms with Gasteiger partial charge in [0, 0.05) is 19.6 Å². The van der Waals surface area contributed by atoms with Gasteiger partial charge in [-0.1, -0.05) is 0 Å². The van der Waals surface area contributed by atoms with E-state index < -0.39 is 17.4 Å². The van der Waals surface area contributed by atoms with Crippen molar-refractivity contribution in [2.45, 2.75) is 26.0 Å².